The molecule has 7 heteroatoms. The molecule has 0 bridgehead atoms. The number of nitrogens with zero attached hydrogens (tertiary/aromatic N) is 1. The Labute approximate surface area is 120 Å². The van der Waals surface area contributed by atoms with Gasteiger partial charge in [-0.05, 0) is 31.5 Å². The number of nitrogens with one attached hydrogen (secondary N) is 1. The number of hydrogen-bond acceptors (Lipinski definition) is 4. The van der Waals surface area contributed by atoms with Crippen molar-refractivity contribution in [2.75, 3.05) is 0 Å². The van der Waals surface area contributed by atoms with Crippen LogP contribution >= 0.6 is 23.9 Å². The van der Waals surface area contributed by atoms with Crippen LogP contribution in [0.4, 0.5) is 4.39 Å². The standard InChI is InChI=1S/C12H14FN3OS.ClH/c1-12(2,14)9(10-15-11(17)18-16-10)7-3-5-8(13)6-4-7;/h3-6,9H,14H2,1-2H3,(H,15,16,17);1H. The van der Waals surface area contributed by atoms with E-state index in [0.29, 0.717) is 5.82 Å². The summed E-state index contributed by atoms with van der Waals surface area (Å²) in [5, 5.41) is 0. The maximum Gasteiger partial charge on any atom is 0.323 e. The Bertz CT molecular complexity index is 588. The molecule has 1 heterocycles. The largest absolute Gasteiger partial charge is 0.325 e. The molecule has 0 saturated heterocycles. The van der Waals surface area contributed by atoms with Gasteiger partial charge in [0.05, 0.1) is 5.92 Å². The molecule has 0 fully saturated rings. The summed E-state index contributed by atoms with van der Waals surface area (Å²) in [5.41, 5.74) is 6.35. The van der Waals surface area contributed by atoms with Crippen molar-refractivity contribution < 1.29 is 4.39 Å². The zero-order valence-electron chi connectivity index (χ0n) is 10.5. The predicted octanol–water partition coefficient (Wildman–Crippen LogP) is 2.26. The first-order valence-corrected chi connectivity index (χ1v) is 6.25. The molecule has 0 spiro atoms. The number of benzene rings is 1. The van der Waals surface area contributed by atoms with Crippen molar-refractivity contribution in [2.45, 2.75) is 25.3 Å². The minimum atomic E-state index is -0.616. The number of halogens is 2. The quantitative estimate of drug-likeness (QED) is 0.913. The van der Waals surface area contributed by atoms with Gasteiger partial charge in [-0.25, -0.2) is 4.39 Å². The number of aromatic nitrogens is 2. The minimum Gasteiger partial charge on any atom is -0.325 e. The number of hydrogen-bond donors (Lipinski definition) is 2. The van der Waals surface area contributed by atoms with Crippen molar-refractivity contribution >= 4 is 23.9 Å². The summed E-state index contributed by atoms with van der Waals surface area (Å²) in [5.74, 6) is -0.0692. The fraction of sp³-hybridized carbons (Fsp3) is 0.333. The van der Waals surface area contributed by atoms with E-state index in [0.717, 1.165) is 17.1 Å². The lowest BCUT2D eigenvalue weighted by molar-refractivity contribution is 0.443. The lowest BCUT2D eigenvalue weighted by Gasteiger charge is -2.29. The summed E-state index contributed by atoms with van der Waals surface area (Å²) in [6.45, 7) is 3.69. The molecular formula is C12H15ClFN3OS. The highest BCUT2D eigenvalue weighted by molar-refractivity contribution is 7.02. The van der Waals surface area contributed by atoms with Gasteiger partial charge >= 0.3 is 4.87 Å². The van der Waals surface area contributed by atoms with Crippen molar-refractivity contribution in [2.24, 2.45) is 5.73 Å². The van der Waals surface area contributed by atoms with Crippen LogP contribution in [0.15, 0.2) is 29.1 Å². The van der Waals surface area contributed by atoms with E-state index in [2.05, 4.69) is 9.36 Å². The highest BCUT2D eigenvalue weighted by Gasteiger charge is 2.31. The maximum absolute atomic E-state index is 13.0. The van der Waals surface area contributed by atoms with Crippen molar-refractivity contribution in [3.05, 3.63) is 51.1 Å². The first kappa shape index (κ1) is 15.8. The van der Waals surface area contributed by atoms with Gasteiger partial charge in [0.2, 0.25) is 0 Å². The average Bonchev–Trinajstić information content (AvgIpc) is 2.66. The average molecular weight is 304 g/mol. The second kappa shape index (κ2) is 5.81. The third-order valence-corrected chi connectivity index (χ3v) is 3.23. The molecule has 2 rings (SSSR count). The van der Waals surface area contributed by atoms with E-state index in [-0.39, 0.29) is 29.0 Å². The molecule has 0 aliphatic rings. The smallest absolute Gasteiger partial charge is 0.323 e. The summed E-state index contributed by atoms with van der Waals surface area (Å²) in [4.78, 5) is 13.7. The summed E-state index contributed by atoms with van der Waals surface area (Å²) < 4.78 is 17.0. The molecule has 0 amide bonds. The Balaban J connectivity index is 0.00000180. The molecule has 2 aromatic rings. The molecule has 104 valence electrons. The summed E-state index contributed by atoms with van der Waals surface area (Å²) >= 11 is 0.856. The molecule has 1 aromatic heterocycles. The molecule has 3 N–H and O–H groups in total. The third kappa shape index (κ3) is 3.62. The Morgan fingerprint density at radius 2 is 1.95 bits per heavy atom. The molecule has 0 radical (unpaired) electrons. The Hall–Kier alpha value is -1.24. The van der Waals surface area contributed by atoms with Gasteiger partial charge in [0.15, 0.2) is 0 Å². The van der Waals surface area contributed by atoms with Crippen LogP contribution in [-0.4, -0.2) is 14.9 Å². The van der Waals surface area contributed by atoms with E-state index in [1.165, 1.54) is 12.1 Å². The van der Waals surface area contributed by atoms with Gasteiger partial charge in [0, 0.05) is 17.1 Å². The number of nitrogens with two attached hydrogens (primary N) is 1. The van der Waals surface area contributed by atoms with Gasteiger partial charge in [-0.2, -0.15) is 4.37 Å². The molecule has 4 nitrogen and oxygen atoms in total. The van der Waals surface area contributed by atoms with Crippen LogP contribution in [0.1, 0.15) is 31.2 Å². The van der Waals surface area contributed by atoms with E-state index in [1.807, 2.05) is 13.8 Å². The van der Waals surface area contributed by atoms with Crippen LogP contribution in [0.25, 0.3) is 0 Å². The molecule has 1 unspecified atom stereocenters. The third-order valence-electron chi connectivity index (χ3n) is 2.68. The van der Waals surface area contributed by atoms with Gasteiger partial charge < -0.3 is 5.73 Å². The van der Waals surface area contributed by atoms with Crippen molar-refractivity contribution in [1.29, 1.82) is 0 Å². The van der Waals surface area contributed by atoms with Crippen molar-refractivity contribution in [3.8, 4) is 0 Å². The topological polar surface area (TPSA) is 71.8 Å². The maximum atomic E-state index is 13.0. The van der Waals surface area contributed by atoms with E-state index in [4.69, 9.17) is 5.73 Å². The highest BCUT2D eigenvalue weighted by Crippen LogP contribution is 2.31. The second-order valence-electron chi connectivity index (χ2n) is 4.79. The Morgan fingerprint density at radius 1 is 1.37 bits per heavy atom. The summed E-state index contributed by atoms with van der Waals surface area (Å²) in [6.07, 6.45) is 0. The number of rotatable bonds is 3. The Morgan fingerprint density at radius 3 is 2.37 bits per heavy atom. The normalized spacial score (nSPS) is 12.8. The first-order chi connectivity index (χ1) is 8.38. The minimum absolute atomic E-state index is 0. The molecule has 19 heavy (non-hydrogen) atoms. The number of H-pyrrole nitrogens is 1. The van der Waals surface area contributed by atoms with Crippen molar-refractivity contribution in [1.82, 2.24) is 9.36 Å². The van der Waals surface area contributed by atoms with Gasteiger partial charge in [-0.1, -0.05) is 12.1 Å². The van der Waals surface area contributed by atoms with E-state index in [9.17, 15) is 9.18 Å². The molecule has 0 saturated carbocycles. The lowest BCUT2D eigenvalue weighted by Crippen LogP contribution is -2.40. The molecule has 1 atom stereocenters. The second-order valence-corrected chi connectivity index (χ2v) is 5.52. The fourth-order valence-corrected chi connectivity index (χ4v) is 2.44. The van der Waals surface area contributed by atoms with Gasteiger partial charge in [0.1, 0.15) is 11.6 Å². The highest BCUT2D eigenvalue weighted by atomic mass is 35.5. The zero-order chi connectivity index (χ0) is 13.3. The zero-order valence-corrected chi connectivity index (χ0v) is 12.1. The molecule has 0 aliphatic carbocycles. The Kier molecular flexibility index (Phi) is 4.84. The summed E-state index contributed by atoms with van der Waals surface area (Å²) in [6, 6.07) is 6.07. The molecule has 1 aromatic carbocycles. The van der Waals surface area contributed by atoms with Gasteiger partial charge in [-0.15, -0.1) is 12.4 Å². The van der Waals surface area contributed by atoms with Crippen molar-refractivity contribution in [3.63, 3.8) is 0 Å². The van der Waals surface area contributed by atoms with Crippen LogP contribution in [0, 0.1) is 5.82 Å². The fourth-order valence-electron chi connectivity index (χ4n) is 1.96. The monoisotopic (exact) mass is 303 g/mol. The predicted molar refractivity (Wildman–Crippen MR) is 76.5 cm³/mol. The van der Waals surface area contributed by atoms with E-state index in [1.54, 1.807) is 12.1 Å². The van der Waals surface area contributed by atoms with E-state index >= 15 is 0 Å². The number of aromatic amines is 1. The van der Waals surface area contributed by atoms with E-state index < -0.39 is 5.54 Å². The van der Waals surface area contributed by atoms with Crippen LogP contribution < -0.4 is 10.6 Å². The first-order valence-electron chi connectivity index (χ1n) is 5.48. The SMILES string of the molecule is CC(C)(N)C(c1ccc(F)cc1)c1nsc(=O)[nH]1.Cl. The van der Waals surface area contributed by atoms with Crippen LogP contribution in [0.3, 0.4) is 0 Å². The lowest BCUT2D eigenvalue weighted by atomic mass is 9.82. The molecular weight excluding hydrogens is 289 g/mol. The molecule has 0 aliphatic heterocycles. The van der Waals surface area contributed by atoms with Crippen LogP contribution in [0.2, 0.25) is 0 Å². The van der Waals surface area contributed by atoms with Gasteiger partial charge in [-0.3, -0.25) is 9.78 Å². The van der Waals surface area contributed by atoms with Gasteiger partial charge in [0.25, 0.3) is 0 Å². The van der Waals surface area contributed by atoms with Crippen LogP contribution in [-0.2, 0) is 0 Å². The summed E-state index contributed by atoms with van der Waals surface area (Å²) in [7, 11) is 0. The van der Waals surface area contributed by atoms with Crippen LogP contribution in [0.5, 0.6) is 0 Å².